The normalized spacial score (nSPS) is 12.1. The van der Waals surface area contributed by atoms with E-state index in [4.69, 9.17) is 17.0 Å². The molecule has 0 saturated heterocycles. The summed E-state index contributed by atoms with van der Waals surface area (Å²) < 4.78 is 5.69. The van der Waals surface area contributed by atoms with Crippen molar-refractivity contribution < 1.29 is 4.74 Å². The van der Waals surface area contributed by atoms with Crippen molar-refractivity contribution in [3.63, 3.8) is 0 Å². The number of para-hydroxylation sites is 1. The van der Waals surface area contributed by atoms with Crippen LogP contribution in [0.15, 0.2) is 30.3 Å². The van der Waals surface area contributed by atoms with Crippen LogP contribution in [0.2, 0.25) is 0 Å². The smallest absolute Gasteiger partial charge is 0.167 e. The predicted molar refractivity (Wildman–Crippen MR) is 105 cm³/mol. The standard InChI is InChI=1S/C21H34OS/c1-3-4-5-6-7-8-9-11-14-19(2)17-18-21(23)22-20-15-12-10-13-16-20/h10,12-13,15-16,19H,3-9,11,14,17-18H2,1-2H3. The van der Waals surface area contributed by atoms with Crippen molar-refractivity contribution in [3.05, 3.63) is 30.3 Å². The van der Waals surface area contributed by atoms with E-state index in [-0.39, 0.29) is 0 Å². The fraction of sp³-hybridized carbons (Fsp3) is 0.667. The van der Waals surface area contributed by atoms with Gasteiger partial charge >= 0.3 is 0 Å². The van der Waals surface area contributed by atoms with Crippen LogP contribution in [0.25, 0.3) is 0 Å². The first-order valence-corrected chi connectivity index (χ1v) is 9.89. The number of hydrogen-bond acceptors (Lipinski definition) is 2. The molecule has 0 fully saturated rings. The number of benzene rings is 1. The van der Waals surface area contributed by atoms with Crippen molar-refractivity contribution in [2.45, 2.75) is 84.5 Å². The molecule has 1 atom stereocenters. The van der Waals surface area contributed by atoms with E-state index in [1.54, 1.807) is 0 Å². The second kappa shape index (κ2) is 13.5. The van der Waals surface area contributed by atoms with Crippen molar-refractivity contribution in [2.24, 2.45) is 5.92 Å². The fourth-order valence-corrected chi connectivity index (χ4v) is 3.02. The Morgan fingerprint density at radius 2 is 1.52 bits per heavy atom. The van der Waals surface area contributed by atoms with E-state index in [2.05, 4.69) is 13.8 Å². The molecule has 0 saturated carbocycles. The first-order chi connectivity index (χ1) is 11.2. The van der Waals surface area contributed by atoms with Crippen molar-refractivity contribution in [1.82, 2.24) is 0 Å². The summed E-state index contributed by atoms with van der Waals surface area (Å²) in [7, 11) is 0. The molecule has 0 aliphatic rings. The first kappa shape index (κ1) is 20.2. The number of thiocarbonyl (C=S) groups is 1. The molecule has 0 aliphatic heterocycles. The van der Waals surface area contributed by atoms with Crippen LogP contribution in [0.4, 0.5) is 0 Å². The second-order valence-electron chi connectivity index (χ2n) is 6.69. The van der Waals surface area contributed by atoms with Gasteiger partial charge in [-0.05, 0) is 36.7 Å². The lowest BCUT2D eigenvalue weighted by molar-refractivity contribution is 0.448. The van der Waals surface area contributed by atoms with Gasteiger partial charge in [-0.3, -0.25) is 0 Å². The van der Waals surface area contributed by atoms with E-state index in [0.717, 1.165) is 29.6 Å². The summed E-state index contributed by atoms with van der Waals surface area (Å²) in [6, 6.07) is 9.85. The SMILES string of the molecule is CCCCCCCCCCC(C)CCC(=S)Oc1ccccc1. The van der Waals surface area contributed by atoms with Crippen LogP contribution in [0.5, 0.6) is 5.75 Å². The highest BCUT2D eigenvalue weighted by molar-refractivity contribution is 7.80. The molecule has 130 valence electrons. The van der Waals surface area contributed by atoms with E-state index in [1.165, 1.54) is 57.8 Å². The van der Waals surface area contributed by atoms with Crippen molar-refractivity contribution in [2.75, 3.05) is 0 Å². The van der Waals surface area contributed by atoms with Crippen LogP contribution in [0.3, 0.4) is 0 Å². The van der Waals surface area contributed by atoms with E-state index in [1.807, 2.05) is 30.3 Å². The number of ether oxygens (including phenoxy) is 1. The average Bonchev–Trinajstić information content (AvgIpc) is 2.56. The molecule has 0 aliphatic carbocycles. The Kier molecular flexibility index (Phi) is 11.9. The number of unbranched alkanes of at least 4 members (excludes halogenated alkanes) is 7. The highest BCUT2D eigenvalue weighted by atomic mass is 32.1. The third-order valence-electron chi connectivity index (χ3n) is 4.37. The molecule has 2 heteroatoms. The van der Waals surface area contributed by atoms with Gasteiger partial charge in [-0.15, -0.1) is 0 Å². The van der Waals surface area contributed by atoms with Gasteiger partial charge in [0.1, 0.15) is 5.75 Å². The van der Waals surface area contributed by atoms with Gasteiger partial charge < -0.3 is 4.74 Å². The Bertz CT molecular complexity index is 402. The number of rotatable bonds is 13. The highest BCUT2D eigenvalue weighted by Gasteiger charge is 2.06. The minimum Gasteiger partial charge on any atom is -0.450 e. The first-order valence-electron chi connectivity index (χ1n) is 9.48. The molecular formula is C21H34OS. The van der Waals surface area contributed by atoms with Gasteiger partial charge in [0.05, 0.1) is 0 Å². The molecule has 1 nitrogen and oxygen atoms in total. The zero-order valence-corrected chi connectivity index (χ0v) is 15.9. The molecule has 0 radical (unpaired) electrons. The summed E-state index contributed by atoms with van der Waals surface area (Å²) in [6.45, 7) is 4.62. The molecule has 1 rings (SSSR count). The van der Waals surface area contributed by atoms with Crippen molar-refractivity contribution in [1.29, 1.82) is 0 Å². The summed E-state index contributed by atoms with van der Waals surface area (Å²) in [6.07, 6.45) is 14.5. The van der Waals surface area contributed by atoms with Gasteiger partial charge in [0, 0.05) is 6.42 Å². The lowest BCUT2D eigenvalue weighted by Gasteiger charge is -2.12. The van der Waals surface area contributed by atoms with Crippen LogP contribution < -0.4 is 4.74 Å². The molecule has 0 amide bonds. The largest absolute Gasteiger partial charge is 0.450 e. The predicted octanol–water partition coefficient (Wildman–Crippen LogP) is 7.34. The summed E-state index contributed by atoms with van der Waals surface area (Å²) in [5.41, 5.74) is 0. The zero-order chi connectivity index (χ0) is 16.8. The van der Waals surface area contributed by atoms with Gasteiger partial charge in [-0.2, -0.15) is 0 Å². The molecule has 0 bridgehead atoms. The van der Waals surface area contributed by atoms with Crippen LogP contribution >= 0.6 is 12.2 Å². The van der Waals surface area contributed by atoms with Crippen LogP contribution in [0.1, 0.15) is 84.5 Å². The number of hydrogen-bond donors (Lipinski definition) is 0. The minimum atomic E-state index is 0.721. The molecule has 0 aromatic heterocycles. The minimum absolute atomic E-state index is 0.721. The molecule has 0 spiro atoms. The fourth-order valence-electron chi connectivity index (χ4n) is 2.81. The second-order valence-corrected chi connectivity index (χ2v) is 7.15. The maximum absolute atomic E-state index is 5.69. The van der Waals surface area contributed by atoms with E-state index in [9.17, 15) is 0 Å². The molecule has 23 heavy (non-hydrogen) atoms. The Labute approximate surface area is 148 Å². The van der Waals surface area contributed by atoms with E-state index >= 15 is 0 Å². The Balaban J connectivity index is 1.97. The van der Waals surface area contributed by atoms with Crippen molar-refractivity contribution >= 4 is 17.3 Å². The van der Waals surface area contributed by atoms with Gasteiger partial charge in [0.15, 0.2) is 5.05 Å². The molecule has 1 aromatic carbocycles. The Hall–Kier alpha value is -0.890. The van der Waals surface area contributed by atoms with E-state index in [0.29, 0.717) is 0 Å². The van der Waals surface area contributed by atoms with Crippen molar-refractivity contribution in [3.8, 4) is 5.75 Å². The monoisotopic (exact) mass is 334 g/mol. The molecule has 1 aromatic rings. The summed E-state index contributed by atoms with van der Waals surface area (Å²) in [5.74, 6) is 1.60. The highest BCUT2D eigenvalue weighted by Crippen LogP contribution is 2.18. The van der Waals surface area contributed by atoms with Crippen LogP contribution in [-0.2, 0) is 0 Å². The van der Waals surface area contributed by atoms with Gasteiger partial charge in [0.2, 0.25) is 0 Å². The van der Waals surface area contributed by atoms with E-state index < -0.39 is 0 Å². The molecule has 1 unspecified atom stereocenters. The lowest BCUT2D eigenvalue weighted by Crippen LogP contribution is -2.07. The maximum atomic E-state index is 5.69. The average molecular weight is 335 g/mol. The van der Waals surface area contributed by atoms with Gasteiger partial charge in [-0.25, -0.2) is 0 Å². The maximum Gasteiger partial charge on any atom is 0.167 e. The lowest BCUT2D eigenvalue weighted by atomic mass is 9.97. The quantitative estimate of drug-likeness (QED) is 0.276. The van der Waals surface area contributed by atoms with Gasteiger partial charge in [0.25, 0.3) is 0 Å². The third-order valence-corrected chi connectivity index (χ3v) is 4.65. The van der Waals surface area contributed by atoms with Crippen LogP contribution in [0, 0.1) is 5.92 Å². The Morgan fingerprint density at radius 1 is 0.913 bits per heavy atom. The summed E-state index contributed by atoms with van der Waals surface area (Å²) in [4.78, 5) is 0. The zero-order valence-electron chi connectivity index (χ0n) is 15.1. The topological polar surface area (TPSA) is 9.23 Å². The molecule has 0 heterocycles. The molecule has 0 N–H and O–H groups in total. The summed E-state index contributed by atoms with van der Waals surface area (Å²) in [5, 5.41) is 0.721. The third kappa shape index (κ3) is 11.3. The van der Waals surface area contributed by atoms with Gasteiger partial charge in [-0.1, -0.05) is 89.8 Å². The molecular weight excluding hydrogens is 300 g/mol. The Morgan fingerprint density at radius 3 is 2.17 bits per heavy atom. The summed E-state index contributed by atoms with van der Waals surface area (Å²) >= 11 is 5.34. The van der Waals surface area contributed by atoms with Crippen LogP contribution in [-0.4, -0.2) is 5.05 Å².